The van der Waals surface area contributed by atoms with Gasteiger partial charge in [0.15, 0.2) is 0 Å². The average molecular weight is 230 g/mol. The number of carbonyl (C=O) groups is 1. The first-order valence-corrected chi connectivity index (χ1v) is 6.89. The fourth-order valence-corrected chi connectivity index (χ4v) is 3.03. The Labute approximate surface area is 104 Å². The molecule has 1 aromatic rings. The molecule has 1 aliphatic rings. The molecule has 0 heterocycles. The minimum absolute atomic E-state index is 0.171. The summed E-state index contributed by atoms with van der Waals surface area (Å²) in [4.78, 5) is 12.5. The predicted molar refractivity (Wildman–Crippen MR) is 71.2 cm³/mol. The highest BCUT2D eigenvalue weighted by atomic mass is 16.1. The van der Waals surface area contributed by atoms with Gasteiger partial charge in [0, 0.05) is 11.8 Å². The van der Waals surface area contributed by atoms with Gasteiger partial charge in [-0.25, -0.2) is 0 Å². The number of hydrogen-bond acceptors (Lipinski definition) is 1. The Morgan fingerprint density at radius 3 is 2.71 bits per heavy atom. The van der Waals surface area contributed by atoms with E-state index in [0.717, 1.165) is 32.1 Å². The van der Waals surface area contributed by atoms with Crippen LogP contribution in [0.4, 0.5) is 0 Å². The highest BCUT2D eigenvalue weighted by Gasteiger charge is 2.29. The van der Waals surface area contributed by atoms with Crippen molar-refractivity contribution in [1.82, 2.24) is 0 Å². The topological polar surface area (TPSA) is 17.1 Å². The molecule has 0 bridgehead atoms. The van der Waals surface area contributed by atoms with E-state index in [1.807, 2.05) is 0 Å². The van der Waals surface area contributed by atoms with E-state index in [2.05, 4.69) is 38.1 Å². The summed E-state index contributed by atoms with van der Waals surface area (Å²) in [7, 11) is 0. The van der Waals surface area contributed by atoms with Gasteiger partial charge < -0.3 is 0 Å². The van der Waals surface area contributed by atoms with E-state index in [-0.39, 0.29) is 11.8 Å². The van der Waals surface area contributed by atoms with Gasteiger partial charge in [0.1, 0.15) is 5.78 Å². The first-order chi connectivity index (χ1) is 8.27. The van der Waals surface area contributed by atoms with Crippen LogP contribution < -0.4 is 0 Å². The molecule has 0 N–H and O–H groups in total. The van der Waals surface area contributed by atoms with Crippen molar-refractivity contribution in [2.45, 2.75) is 51.9 Å². The average Bonchev–Trinajstić information content (AvgIpc) is 2.39. The SMILES string of the molecule is CCC(CC)C(=O)C1CCCc2ccccc21. The Kier molecular flexibility index (Phi) is 3.98. The van der Waals surface area contributed by atoms with Crippen molar-refractivity contribution in [2.75, 3.05) is 0 Å². The highest BCUT2D eigenvalue weighted by Crippen LogP contribution is 2.34. The van der Waals surface area contributed by atoms with Crippen molar-refractivity contribution in [2.24, 2.45) is 5.92 Å². The number of rotatable bonds is 4. The summed E-state index contributed by atoms with van der Waals surface area (Å²) in [5, 5.41) is 0. The quantitative estimate of drug-likeness (QED) is 0.760. The van der Waals surface area contributed by atoms with Crippen molar-refractivity contribution in [3.63, 3.8) is 0 Å². The standard InChI is InChI=1S/C16H22O/c1-3-12(4-2)16(17)15-11-7-9-13-8-5-6-10-14(13)15/h5-6,8,10,12,15H,3-4,7,9,11H2,1-2H3. The molecule has 0 saturated heterocycles. The fraction of sp³-hybridized carbons (Fsp3) is 0.562. The zero-order valence-corrected chi connectivity index (χ0v) is 10.9. The van der Waals surface area contributed by atoms with E-state index in [9.17, 15) is 4.79 Å². The van der Waals surface area contributed by atoms with Gasteiger partial charge in [0.25, 0.3) is 0 Å². The summed E-state index contributed by atoms with van der Waals surface area (Å²) < 4.78 is 0. The fourth-order valence-electron chi connectivity index (χ4n) is 3.03. The number of aryl methyl sites for hydroxylation is 1. The predicted octanol–water partition coefficient (Wildman–Crippen LogP) is 4.11. The third-order valence-corrected chi connectivity index (χ3v) is 4.10. The zero-order valence-electron chi connectivity index (χ0n) is 10.9. The molecule has 0 fully saturated rings. The van der Waals surface area contributed by atoms with Gasteiger partial charge in [-0.15, -0.1) is 0 Å². The van der Waals surface area contributed by atoms with Crippen LogP contribution in [0.15, 0.2) is 24.3 Å². The highest BCUT2D eigenvalue weighted by molar-refractivity contribution is 5.88. The van der Waals surface area contributed by atoms with Gasteiger partial charge in [-0.3, -0.25) is 4.79 Å². The lowest BCUT2D eigenvalue weighted by atomic mass is 9.76. The molecule has 0 aliphatic heterocycles. The minimum atomic E-state index is 0.171. The van der Waals surface area contributed by atoms with Crippen molar-refractivity contribution in [3.8, 4) is 0 Å². The maximum Gasteiger partial charge on any atom is 0.143 e. The molecule has 0 aromatic heterocycles. The second kappa shape index (κ2) is 5.48. The van der Waals surface area contributed by atoms with Crippen LogP contribution in [0.2, 0.25) is 0 Å². The van der Waals surface area contributed by atoms with Gasteiger partial charge in [-0.05, 0) is 43.2 Å². The molecule has 92 valence electrons. The Hall–Kier alpha value is -1.11. The van der Waals surface area contributed by atoms with E-state index in [1.54, 1.807) is 0 Å². The molecule has 1 unspecified atom stereocenters. The molecule has 1 nitrogen and oxygen atoms in total. The molecule has 1 aromatic carbocycles. The lowest BCUT2D eigenvalue weighted by Gasteiger charge is -2.27. The first kappa shape index (κ1) is 12.3. The summed E-state index contributed by atoms with van der Waals surface area (Å²) in [6, 6.07) is 8.49. The summed E-state index contributed by atoms with van der Waals surface area (Å²) in [6.07, 6.45) is 5.31. The Morgan fingerprint density at radius 1 is 1.29 bits per heavy atom. The largest absolute Gasteiger partial charge is 0.299 e. The van der Waals surface area contributed by atoms with E-state index in [4.69, 9.17) is 0 Å². The molecule has 0 radical (unpaired) electrons. The van der Waals surface area contributed by atoms with Crippen molar-refractivity contribution >= 4 is 5.78 Å². The molecular weight excluding hydrogens is 208 g/mol. The maximum absolute atomic E-state index is 12.5. The van der Waals surface area contributed by atoms with Crippen LogP contribution >= 0.6 is 0 Å². The zero-order chi connectivity index (χ0) is 12.3. The Morgan fingerprint density at radius 2 is 2.00 bits per heavy atom. The molecule has 17 heavy (non-hydrogen) atoms. The number of carbonyl (C=O) groups excluding carboxylic acids is 1. The second-order valence-electron chi connectivity index (χ2n) is 5.06. The molecule has 0 amide bonds. The first-order valence-electron chi connectivity index (χ1n) is 6.89. The van der Waals surface area contributed by atoms with Crippen molar-refractivity contribution in [3.05, 3.63) is 35.4 Å². The lowest BCUT2D eigenvalue weighted by molar-refractivity contribution is -0.124. The third kappa shape index (κ3) is 2.43. The van der Waals surface area contributed by atoms with Gasteiger partial charge in [0.05, 0.1) is 0 Å². The number of hydrogen-bond donors (Lipinski definition) is 0. The summed E-state index contributed by atoms with van der Waals surface area (Å²) in [5.41, 5.74) is 2.69. The molecule has 0 saturated carbocycles. The molecule has 1 atom stereocenters. The number of fused-ring (bicyclic) bond motifs is 1. The van der Waals surface area contributed by atoms with Crippen molar-refractivity contribution < 1.29 is 4.79 Å². The normalized spacial score (nSPS) is 19.1. The van der Waals surface area contributed by atoms with E-state index in [1.165, 1.54) is 11.1 Å². The van der Waals surface area contributed by atoms with Crippen molar-refractivity contribution in [1.29, 1.82) is 0 Å². The maximum atomic E-state index is 12.5. The van der Waals surface area contributed by atoms with E-state index in [0.29, 0.717) is 5.78 Å². The molecular formula is C16H22O. The lowest BCUT2D eigenvalue weighted by Crippen LogP contribution is -2.24. The van der Waals surface area contributed by atoms with Crippen LogP contribution in [0.1, 0.15) is 56.6 Å². The second-order valence-corrected chi connectivity index (χ2v) is 5.06. The van der Waals surface area contributed by atoms with Gasteiger partial charge in [-0.2, -0.15) is 0 Å². The van der Waals surface area contributed by atoms with Gasteiger partial charge in [0.2, 0.25) is 0 Å². The summed E-state index contributed by atoms with van der Waals surface area (Å²) in [6.45, 7) is 4.25. The minimum Gasteiger partial charge on any atom is -0.299 e. The smallest absolute Gasteiger partial charge is 0.143 e. The number of Topliss-reactive ketones (excluding diaryl/α,β-unsaturated/α-hetero) is 1. The molecule has 1 heteroatoms. The van der Waals surface area contributed by atoms with Crippen LogP contribution in [0.3, 0.4) is 0 Å². The Balaban J connectivity index is 2.26. The van der Waals surface area contributed by atoms with Crippen LogP contribution in [-0.2, 0) is 11.2 Å². The van der Waals surface area contributed by atoms with Crippen LogP contribution in [0.5, 0.6) is 0 Å². The van der Waals surface area contributed by atoms with Crippen LogP contribution in [0, 0.1) is 5.92 Å². The van der Waals surface area contributed by atoms with Gasteiger partial charge >= 0.3 is 0 Å². The van der Waals surface area contributed by atoms with Gasteiger partial charge in [-0.1, -0.05) is 38.1 Å². The van der Waals surface area contributed by atoms with E-state index >= 15 is 0 Å². The van der Waals surface area contributed by atoms with Crippen LogP contribution in [-0.4, -0.2) is 5.78 Å². The molecule has 2 rings (SSSR count). The molecule has 0 spiro atoms. The monoisotopic (exact) mass is 230 g/mol. The number of benzene rings is 1. The Bertz CT molecular complexity index is 390. The summed E-state index contributed by atoms with van der Waals surface area (Å²) >= 11 is 0. The van der Waals surface area contributed by atoms with Crippen LogP contribution in [0.25, 0.3) is 0 Å². The third-order valence-electron chi connectivity index (χ3n) is 4.10. The van der Waals surface area contributed by atoms with E-state index < -0.39 is 0 Å². The number of ketones is 1. The summed E-state index contributed by atoms with van der Waals surface area (Å²) in [5.74, 6) is 0.901. The molecule has 1 aliphatic carbocycles.